The second kappa shape index (κ2) is 10.0. The largest absolute Gasteiger partial charge is 0.396 e. The molecular weight excluding hydrogens is 160 g/mol. The first-order chi connectivity index (χ1) is 6.31. The standard InChI is InChI=1S/C12H26O/c1-3-4-5-6-7-9-12(2)10-8-11-13/h12-13H,3-11H2,1-2H3/t12-/m0/s1. The molecule has 0 unspecified atom stereocenters. The van der Waals surface area contributed by atoms with Crippen LogP contribution < -0.4 is 0 Å². The molecule has 0 fully saturated rings. The summed E-state index contributed by atoms with van der Waals surface area (Å²) in [5.41, 5.74) is 0. The minimum absolute atomic E-state index is 0.361. The third-order valence-corrected chi connectivity index (χ3v) is 2.66. The highest BCUT2D eigenvalue weighted by molar-refractivity contribution is 4.54. The van der Waals surface area contributed by atoms with E-state index < -0.39 is 0 Å². The van der Waals surface area contributed by atoms with Crippen molar-refractivity contribution < 1.29 is 5.11 Å². The van der Waals surface area contributed by atoms with E-state index in [1.54, 1.807) is 0 Å². The van der Waals surface area contributed by atoms with Crippen LogP contribution in [-0.2, 0) is 0 Å². The third kappa shape index (κ3) is 9.88. The van der Waals surface area contributed by atoms with Crippen molar-refractivity contribution in [3.8, 4) is 0 Å². The molecule has 0 spiro atoms. The maximum absolute atomic E-state index is 8.66. The lowest BCUT2D eigenvalue weighted by molar-refractivity contribution is 0.270. The Morgan fingerprint density at radius 1 is 0.923 bits per heavy atom. The van der Waals surface area contributed by atoms with Gasteiger partial charge >= 0.3 is 0 Å². The van der Waals surface area contributed by atoms with Crippen LogP contribution in [0.25, 0.3) is 0 Å². The summed E-state index contributed by atoms with van der Waals surface area (Å²) in [4.78, 5) is 0. The zero-order valence-corrected chi connectivity index (χ0v) is 9.39. The molecule has 0 bridgehead atoms. The topological polar surface area (TPSA) is 20.2 Å². The Bertz CT molecular complexity index is 91.1. The van der Waals surface area contributed by atoms with Crippen LogP contribution in [-0.4, -0.2) is 11.7 Å². The van der Waals surface area contributed by atoms with Crippen molar-refractivity contribution in [2.45, 2.75) is 65.2 Å². The molecule has 0 aromatic carbocycles. The minimum Gasteiger partial charge on any atom is -0.396 e. The Kier molecular flexibility index (Phi) is 10.0. The number of unbranched alkanes of at least 4 members (excludes halogenated alkanes) is 4. The Morgan fingerprint density at radius 2 is 1.54 bits per heavy atom. The van der Waals surface area contributed by atoms with Crippen molar-refractivity contribution in [1.29, 1.82) is 0 Å². The zero-order chi connectivity index (χ0) is 9.94. The predicted octanol–water partition coefficient (Wildman–Crippen LogP) is 3.76. The first-order valence-corrected chi connectivity index (χ1v) is 5.92. The van der Waals surface area contributed by atoms with E-state index in [1.165, 1.54) is 44.9 Å². The fourth-order valence-electron chi connectivity index (χ4n) is 1.68. The van der Waals surface area contributed by atoms with Crippen molar-refractivity contribution in [2.24, 2.45) is 5.92 Å². The molecule has 0 rings (SSSR count). The second-order valence-electron chi connectivity index (χ2n) is 4.17. The van der Waals surface area contributed by atoms with E-state index in [9.17, 15) is 0 Å². The summed E-state index contributed by atoms with van der Waals surface area (Å²) in [6.45, 7) is 4.92. The van der Waals surface area contributed by atoms with Gasteiger partial charge in [-0.2, -0.15) is 0 Å². The Morgan fingerprint density at radius 3 is 2.15 bits per heavy atom. The van der Waals surface area contributed by atoms with Gasteiger partial charge in [0.05, 0.1) is 0 Å². The normalized spacial score (nSPS) is 13.2. The van der Waals surface area contributed by atoms with Gasteiger partial charge in [0.2, 0.25) is 0 Å². The molecule has 0 radical (unpaired) electrons. The van der Waals surface area contributed by atoms with E-state index in [0.29, 0.717) is 6.61 Å². The lowest BCUT2D eigenvalue weighted by Gasteiger charge is -2.09. The van der Waals surface area contributed by atoms with Gasteiger partial charge in [-0.3, -0.25) is 0 Å². The van der Waals surface area contributed by atoms with Crippen LogP contribution >= 0.6 is 0 Å². The van der Waals surface area contributed by atoms with Crippen molar-refractivity contribution >= 4 is 0 Å². The predicted molar refractivity (Wildman–Crippen MR) is 58.9 cm³/mol. The van der Waals surface area contributed by atoms with Gasteiger partial charge in [0, 0.05) is 6.61 Å². The van der Waals surface area contributed by atoms with Crippen molar-refractivity contribution in [3.05, 3.63) is 0 Å². The number of hydrogen-bond donors (Lipinski definition) is 1. The van der Waals surface area contributed by atoms with Crippen LogP contribution in [0.3, 0.4) is 0 Å². The van der Waals surface area contributed by atoms with Crippen molar-refractivity contribution in [1.82, 2.24) is 0 Å². The average Bonchev–Trinajstić information content (AvgIpc) is 2.14. The van der Waals surface area contributed by atoms with Crippen LogP contribution in [0.1, 0.15) is 65.2 Å². The molecule has 0 aliphatic heterocycles. The maximum Gasteiger partial charge on any atom is 0.0431 e. The van der Waals surface area contributed by atoms with Crippen molar-refractivity contribution in [3.63, 3.8) is 0 Å². The molecule has 0 aromatic rings. The van der Waals surface area contributed by atoms with Gasteiger partial charge in [0.25, 0.3) is 0 Å². The number of rotatable bonds is 9. The van der Waals surface area contributed by atoms with Crippen LogP contribution in [0.4, 0.5) is 0 Å². The van der Waals surface area contributed by atoms with Crippen LogP contribution in [0.5, 0.6) is 0 Å². The van der Waals surface area contributed by atoms with Crippen LogP contribution in [0, 0.1) is 5.92 Å². The minimum atomic E-state index is 0.361. The van der Waals surface area contributed by atoms with Gasteiger partial charge < -0.3 is 5.11 Å². The molecule has 0 heterocycles. The van der Waals surface area contributed by atoms with Crippen molar-refractivity contribution in [2.75, 3.05) is 6.61 Å². The molecule has 0 aliphatic carbocycles. The monoisotopic (exact) mass is 186 g/mol. The van der Waals surface area contributed by atoms with Crippen LogP contribution in [0.15, 0.2) is 0 Å². The maximum atomic E-state index is 8.66. The molecule has 0 amide bonds. The summed E-state index contributed by atoms with van der Waals surface area (Å²) in [5, 5.41) is 8.66. The molecule has 1 nitrogen and oxygen atoms in total. The molecule has 0 saturated heterocycles. The third-order valence-electron chi connectivity index (χ3n) is 2.66. The zero-order valence-electron chi connectivity index (χ0n) is 9.39. The highest BCUT2D eigenvalue weighted by Crippen LogP contribution is 2.15. The molecule has 13 heavy (non-hydrogen) atoms. The molecule has 0 saturated carbocycles. The van der Waals surface area contributed by atoms with E-state index in [-0.39, 0.29) is 0 Å². The SMILES string of the molecule is CCCCCCC[C@H](C)CCCO. The average molecular weight is 186 g/mol. The summed E-state index contributed by atoms with van der Waals surface area (Å²) in [5.74, 6) is 0.814. The lowest BCUT2D eigenvalue weighted by Crippen LogP contribution is -1.96. The quantitative estimate of drug-likeness (QED) is 0.544. The smallest absolute Gasteiger partial charge is 0.0431 e. The molecule has 0 aliphatic rings. The fraction of sp³-hybridized carbons (Fsp3) is 1.00. The Labute approximate surface area is 83.5 Å². The molecular formula is C12H26O. The summed E-state index contributed by atoms with van der Waals surface area (Å²) >= 11 is 0. The van der Waals surface area contributed by atoms with Gasteiger partial charge in [0.15, 0.2) is 0 Å². The second-order valence-corrected chi connectivity index (χ2v) is 4.17. The number of aliphatic hydroxyl groups is 1. The number of hydrogen-bond acceptors (Lipinski definition) is 1. The summed E-state index contributed by atoms with van der Waals surface area (Å²) < 4.78 is 0. The van der Waals surface area contributed by atoms with E-state index in [2.05, 4.69) is 13.8 Å². The highest BCUT2D eigenvalue weighted by atomic mass is 16.2. The highest BCUT2D eigenvalue weighted by Gasteiger charge is 2.00. The van der Waals surface area contributed by atoms with E-state index >= 15 is 0 Å². The molecule has 80 valence electrons. The Balaban J connectivity index is 3.03. The summed E-state index contributed by atoms with van der Waals surface area (Å²) in [6.07, 6.45) is 10.4. The lowest BCUT2D eigenvalue weighted by atomic mass is 9.98. The van der Waals surface area contributed by atoms with Crippen LogP contribution in [0.2, 0.25) is 0 Å². The molecule has 1 atom stereocenters. The Hall–Kier alpha value is -0.0400. The van der Waals surface area contributed by atoms with E-state index in [4.69, 9.17) is 5.11 Å². The molecule has 1 N–H and O–H groups in total. The van der Waals surface area contributed by atoms with E-state index in [1.807, 2.05) is 0 Å². The van der Waals surface area contributed by atoms with Gasteiger partial charge in [-0.15, -0.1) is 0 Å². The van der Waals surface area contributed by atoms with E-state index in [0.717, 1.165) is 12.3 Å². The number of aliphatic hydroxyl groups excluding tert-OH is 1. The molecule has 0 aromatic heterocycles. The summed E-state index contributed by atoms with van der Waals surface area (Å²) in [6, 6.07) is 0. The van der Waals surface area contributed by atoms with Gasteiger partial charge in [-0.05, 0) is 18.8 Å². The first kappa shape index (κ1) is 13.0. The fourth-order valence-corrected chi connectivity index (χ4v) is 1.68. The van der Waals surface area contributed by atoms with Gasteiger partial charge in [-0.25, -0.2) is 0 Å². The summed E-state index contributed by atoms with van der Waals surface area (Å²) in [7, 11) is 0. The van der Waals surface area contributed by atoms with Gasteiger partial charge in [0.1, 0.15) is 0 Å². The molecule has 1 heteroatoms. The first-order valence-electron chi connectivity index (χ1n) is 5.92. The van der Waals surface area contributed by atoms with Gasteiger partial charge in [-0.1, -0.05) is 52.4 Å².